The zero-order valence-electron chi connectivity index (χ0n) is 10.3. The molecule has 14 heavy (non-hydrogen) atoms. The average Bonchev–Trinajstić information content (AvgIpc) is 2.14. The molecular formula is C12H27NO. The summed E-state index contributed by atoms with van der Waals surface area (Å²) in [5.74, 6) is 0.637. The lowest BCUT2D eigenvalue weighted by atomic mass is 10.2. The van der Waals surface area contributed by atoms with Gasteiger partial charge in [-0.3, -0.25) is 0 Å². The minimum absolute atomic E-state index is 0.346. The van der Waals surface area contributed by atoms with E-state index in [4.69, 9.17) is 4.74 Å². The van der Waals surface area contributed by atoms with Crippen LogP contribution in [0.1, 0.15) is 47.0 Å². The van der Waals surface area contributed by atoms with E-state index >= 15 is 0 Å². The van der Waals surface area contributed by atoms with Gasteiger partial charge in [-0.15, -0.1) is 0 Å². The van der Waals surface area contributed by atoms with Crippen molar-refractivity contribution in [1.29, 1.82) is 0 Å². The van der Waals surface area contributed by atoms with Crippen molar-refractivity contribution in [3.05, 3.63) is 0 Å². The van der Waals surface area contributed by atoms with Crippen LogP contribution in [0, 0.1) is 5.92 Å². The third-order valence-corrected chi connectivity index (χ3v) is 2.10. The zero-order valence-corrected chi connectivity index (χ0v) is 10.3. The van der Waals surface area contributed by atoms with Crippen molar-refractivity contribution in [2.45, 2.75) is 53.1 Å². The van der Waals surface area contributed by atoms with Gasteiger partial charge in [0.05, 0.1) is 6.10 Å². The number of hydrogen-bond donors (Lipinski definition) is 1. The molecule has 0 saturated carbocycles. The van der Waals surface area contributed by atoms with Crippen molar-refractivity contribution in [2.75, 3.05) is 19.7 Å². The maximum atomic E-state index is 5.65. The molecule has 0 aromatic carbocycles. The van der Waals surface area contributed by atoms with Crippen molar-refractivity contribution in [3.63, 3.8) is 0 Å². The molecule has 1 N–H and O–H groups in total. The first-order chi connectivity index (χ1) is 6.66. The Kier molecular flexibility index (Phi) is 9.42. The van der Waals surface area contributed by atoms with Crippen LogP contribution in [0.5, 0.6) is 0 Å². The van der Waals surface area contributed by atoms with E-state index < -0.39 is 0 Å². The van der Waals surface area contributed by atoms with Gasteiger partial charge < -0.3 is 10.1 Å². The van der Waals surface area contributed by atoms with Gasteiger partial charge in [0.1, 0.15) is 0 Å². The summed E-state index contributed by atoms with van der Waals surface area (Å²) >= 11 is 0. The molecule has 0 aliphatic heterocycles. The highest BCUT2D eigenvalue weighted by Crippen LogP contribution is 1.97. The van der Waals surface area contributed by atoms with Crippen LogP contribution in [0.3, 0.4) is 0 Å². The standard InChI is InChI=1S/C12H27NO/c1-5-6-7-8-13-9-12(4)14-10-11(2)3/h11-13H,5-10H2,1-4H3. The maximum Gasteiger partial charge on any atom is 0.0671 e. The molecule has 0 radical (unpaired) electrons. The van der Waals surface area contributed by atoms with Crippen LogP contribution in [0.4, 0.5) is 0 Å². The van der Waals surface area contributed by atoms with Crippen molar-refractivity contribution in [3.8, 4) is 0 Å². The SMILES string of the molecule is CCCCCNCC(C)OCC(C)C. The highest BCUT2D eigenvalue weighted by atomic mass is 16.5. The lowest BCUT2D eigenvalue weighted by molar-refractivity contribution is 0.0478. The monoisotopic (exact) mass is 201 g/mol. The lowest BCUT2D eigenvalue weighted by Gasteiger charge is -2.15. The van der Waals surface area contributed by atoms with E-state index in [2.05, 4.69) is 33.0 Å². The minimum Gasteiger partial charge on any atom is -0.377 e. The van der Waals surface area contributed by atoms with Crippen LogP contribution >= 0.6 is 0 Å². The van der Waals surface area contributed by atoms with Gasteiger partial charge in [-0.25, -0.2) is 0 Å². The van der Waals surface area contributed by atoms with Crippen LogP contribution in [0.15, 0.2) is 0 Å². The summed E-state index contributed by atoms with van der Waals surface area (Å²) in [6, 6.07) is 0. The van der Waals surface area contributed by atoms with Crippen LogP contribution in [-0.2, 0) is 4.74 Å². The summed E-state index contributed by atoms with van der Waals surface area (Å²) in [5, 5.41) is 3.42. The Bertz CT molecular complexity index is 115. The van der Waals surface area contributed by atoms with Gasteiger partial charge in [0, 0.05) is 13.2 Å². The molecule has 0 rings (SSSR count). The van der Waals surface area contributed by atoms with Gasteiger partial charge in [-0.05, 0) is 25.8 Å². The molecule has 0 aromatic rings. The van der Waals surface area contributed by atoms with E-state index in [1.54, 1.807) is 0 Å². The molecule has 86 valence electrons. The highest BCUT2D eigenvalue weighted by Gasteiger charge is 2.02. The first-order valence-corrected chi connectivity index (χ1v) is 5.99. The molecule has 0 aliphatic carbocycles. The summed E-state index contributed by atoms with van der Waals surface area (Å²) < 4.78 is 5.65. The normalized spacial score (nSPS) is 13.5. The Morgan fingerprint density at radius 3 is 2.43 bits per heavy atom. The summed E-state index contributed by atoms with van der Waals surface area (Å²) in [5.41, 5.74) is 0. The summed E-state index contributed by atoms with van der Waals surface area (Å²) in [6.07, 6.45) is 4.25. The first kappa shape index (κ1) is 13.9. The van der Waals surface area contributed by atoms with Gasteiger partial charge in [-0.1, -0.05) is 33.6 Å². The van der Waals surface area contributed by atoms with Crippen LogP contribution in [-0.4, -0.2) is 25.8 Å². The number of hydrogen-bond acceptors (Lipinski definition) is 2. The Morgan fingerprint density at radius 1 is 1.14 bits per heavy atom. The molecule has 0 saturated heterocycles. The van der Waals surface area contributed by atoms with Gasteiger partial charge in [-0.2, -0.15) is 0 Å². The summed E-state index contributed by atoms with van der Waals surface area (Å²) in [4.78, 5) is 0. The second-order valence-electron chi connectivity index (χ2n) is 4.45. The van der Waals surface area contributed by atoms with Crippen LogP contribution in [0.2, 0.25) is 0 Å². The van der Waals surface area contributed by atoms with Crippen molar-refractivity contribution >= 4 is 0 Å². The smallest absolute Gasteiger partial charge is 0.0671 e. The molecular weight excluding hydrogens is 174 g/mol. The quantitative estimate of drug-likeness (QED) is 0.579. The first-order valence-electron chi connectivity index (χ1n) is 5.99. The van der Waals surface area contributed by atoms with Crippen molar-refractivity contribution in [1.82, 2.24) is 5.32 Å². The average molecular weight is 201 g/mol. The van der Waals surface area contributed by atoms with Gasteiger partial charge in [0.25, 0.3) is 0 Å². The zero-order chi connectivity index (χ0) is 10.8. The number of rotatable bonds is 9. The fraction of sp³-hybridized carbons (Fsp3) is 1.00. The number of ether oxygens (including phenoxy) is 1. The van der Waals surface area contributed by atoms with E-state index in [1.807, 2.05) is 0 Å². The second-order valence-corrected chi connectivity index (χ2v) is 4.45. The Hall–Kier alpha value is -0.0800. The van der Waals surface area contributed by atoms with E-state index in [0.717, 1.165) is 19.7 Å². The molecule has 0 aliphatic rings. The van der Waals surface area contributed by atoms with Crippen LogP contribution < -0.4 is 5.32 Å². The van der Waals surface area contributed by atoms with Gasteiger partial charge >= 0.3 is 0 Å². The Balaban J connectivity index is 3.14. The molecule has 1 unspecified atom stereocenters. The summed E-state index contributed by atoms with van der Waals surface area (Å²) in [6.45, 7) is 11.7. The molecule has 1 atom stereocenters. The van der Waals surface area contributed by atoms with Gasteiger partial charge in [0.2, 0.25) is 0 Å². The van der Waals surface area contributed by atoms with E-state index in [-0.39, 0.29) is 0 Å². The molecule has 0 amide bonds. The van der Waals surface area contributed by atoms with Crippen molar-refractivity contribution in [2.24, 2.45) is 5.92 Å². The fourth-order valence-corrected chi connectivity index (χ4v) is 1.22. The maximum absolute atomic E-state index is 5.65. The second kappa shape index (κ2) is 9.47. The lowest BCUT2D eigenvalue weighted by Crippen LogP contribution is -2.28. The predicted octanol–water partition coefficient (Wildman–Crippen LogP) is 2.83. The van der Waals surface area contributed by atoms with Crippen molar-refractivity contribution < 1.29 is 4.74 Å². The van der Waals surface area contributed by atoms with E-state index in [1.165, 1.54) is 19.3 Å². The molecule has 0 spiro atoms. The molecule has 0 heterocycles. The number of unbranched alkanes of at least 4 members (excludes halogenated alkanes) is 2. The molecule has 2 heteroatoms. The third-order valence-electron chi connectivity index (χ3n) is 2.10. The molecule has 0 fully saturated rings. The molecule has 2 nitrogen and oxygen atoms in total. The van der Waals surface area contributed by atoms with E-state index in [0.29, 0.717) is 12.0 Å². The Morgan fingerprint density at radius 2 is 1.86 bits per heavy atom. The predicted molar refractivity (Wildman–Crippen MR) is 62.6 cm³/mol. The highest BCUT2D eigenvalue weighted by molar-refractivity contribution is 4.56. The van der Waals surface area contributed by atoms with Crippen LogP contribution in [0.25, 0.3) is 0 Å². The van der Waals surface area contributed by atoms with Gasteiger partial charge in [0.15, 0.2) is 0 Å². The third kappa shape index (κ3) is 10.0. The largest absolute Gasteiger partial charge is 0.377 e. The summed E-state index contributed by atoms with van der Waals surface area (Å²) in [7, 11) is 0. The fourth-order valence-electron chi connectivity index (χ4n) is 1.22. The molecule has 0 aromatic heterocycles. The number of nitrogens with one attached hydrogen (secondary N) is 1. The van der Waals surface area contributed by atoms with E-state index in [9.17, 15) is 0 Å². The minimum atomic E-state index is 0.346. The topological polar surface area (TPSA) is 21.3 Å². The molecule has 0 bridgehead atoms. The Labute approximate surface area is 89.4 Å².